The van der Waals surface area contributed by atoms with E-state index in [9.17, 15) is 32.7 Å². The van der Waals surface area contributed by atoms with Gasteiger partial charge in [0.1, 0.15) is 17.0 Å². The van der Waals surface area contributed by atoms with E-state index < -0.39 is 35.0 Å². The highest BCUT2D eigenvalue weighted by atomic mass is 19.4. The summed E-state index contributed by atoms with van der Waals surface area (Å²) >= 11 is 0. The lowest BCUT2D eigenvalue weighted by molar-refractivity contribution is -0.138. The minimum Gasteiger partial charge on any atom is -0.507 e. The number of hydrogen-bond donors (Lipinski definition) is 4. The number of carbonyl (C=O) groups is 2. The second kappa shape index (κ2) is 6.96. The van der Waals surface area contributed by atoms with Gasteiger partial charge in [-0.05, 0) is 31.2 Å². The minimum absolute atomic E-state index is 0.312. The van der Waals surface area contributed by atoms with Crippen molar-refractivity contribution in [2.45, 2.75) is 13.1 Å². The van der Waals surface area contributed by atoms with Gasteiger partial charge in [0.15, 0.2) is 0 Å². The molecule has 29 heavy (non-hydrogen) atoms. The molecule has 3 rings (SSSR count). The summed E-state index contributed by atoms with van der Waals surface area (Å²) < 4.78 is 39.9. The molecule has 3 amide bonds. The molecule has 152 valence electrons. The van der Waals surface area contributed by atoms with Crippen molar-refractivity contribution in [2.75, 3.05) is 5.32 Å². The number of amides is 3. The fraction of sp³-hybridized carbons (Fsp3) is 0.176. The highest BCUT2D eigenvalue weighted by Crippen LogP contribution is 2.37. The number of anilines is 1. The predicted molar refractivity (Wildman–Crippen MR) is 95.7 cm³/mol. The second-order valence-corrected chi connectivity index (χ2v) is 6.12. The molecule has 12 heteroatoms. The van der Waals surface area contributed by atoms with Gasteiger partial charge >= 0.3 is 12.2 Å². The first kappa shape index (κ1) is 19.9. The average Bonchev–Trinajstić information content (AvgIpc) is 2.88. The molecule has 2 aromatic heterocycles. The van der Waals surface area contributed by atoms with E-state index in [2.05, 4.69) is 10.1 Å². The molecule has 0 aliphatic rings. The van der Waals surface area contributed by atoms with Crippen molar-refractivity contribution in [3.8, 4) is 5.75 Å². The Bertz CT molecular complexity index is 1200. The number of aromatic nitrogens is 3. The van der Waals surface area contributed by atoms with Crippen LogP contribution in [0.3, 0.4) is 0 Å². The van der Waals surface area contributed by atoms with Gasteiger partial charge < -0.3 is 15.4 Å². The van der Waals surface area contributed by atoms with Gasteiger partial charge in [0, 0.05) is 18.1 Å². The maximum absolute atomic E-state index is 12.8. The zero-order chi connectivity index (χ0) is 21.5. The Hall–Kier alpha value is -3.83. The van der Waals surface area contributed by atoms with Gasteiger partial charge in [0.2, 0.25) is 0 Å². The first-order valence-corrected chi connectivity index (χ1v) is 8.06. The quantitative estimate of drug-likeness (QED) is 0.483. The minimum atomic E-state index is -4.83. The highest BCUT2D eigenvalue weighted by Gasteiger charge is 2.34. The number of hydrogen-bond acceptors (Lipinski definition) is 5. The molecule has 9 nitrogen and oxygen atoms in total. The fourth-order valence-electron chi connectivity index (χ4n) is 2.72. The SMILES string of the molecule is Cc1nn(C)c2[nH]c(=O)c(C(=O)NC(=O)Nc3ccc(O)c(C(F)(F)F)c3)cc12. The van der Waals surface area contributed by atoms with Crippen LogP contribution in [0.2, 0.25) is 0 Å². The van der Waals surface area contributed by atoms with E-state index >= 15 is 0 Å². The van der Waals surface area contributed by atoms with Crippen molar-refractivity contribution in [3.63, 3.8) is 0 Å². The number of aromatic amines is 1. The summed E-state index contributed by atoms with van der Waals surface area (Å²) in [6, 6.07) is 2.39. The van der Waals surface area contributed by atoms with Crippen molar-refractivity contribution >= 4 is 28.7 Å². The molecule has 0 atom stereocenters. The summed E-state index contributed by atoms with van der Waals surface area (Å²) in [5, 5.41) is 17.8. The van der Waals surface area contributed by atoms with Crippen LogP contribution < -0.4 is 16.2 Å². The number of imide groups is 1. The van der Waals surface area contributed by atoms with E-state index in [0.717, 1.165) is 12.1 Å². The fourth-order valence-corrected chi connectivity index (χ4v) is 2.72. The summed E-state index contributed by atoms with van der Waals surface area (Å²) in [7, 11) is 1.60. The maximum atomic E-state index is 12.8. The van der Waals surface area contributed by atoms with E-state index in [0.29, 0.717) is 22.8 Å². The van der Waals surface area contributed by atoms with Crippen LogP contribution in [0.4, 0.5) is 23.7 Å². The molecule has 3 aromatic rings. The van der Waals surface area contributed by atoms with E-state index in [-0.39, 0.29) is 11.3 Å². The number of pyridine rings is 1. The Morgan fingerprint density at radius 2 is 1.93 bits per heavy atom. The smallest absolute Gasteiger partial charge is 0.420 e. The molecule has 0 bridgehead atoms. The number of urea groups is 1. The van der Waals surface area contributed by atoms with Crippen LogP contribution in [0, 0.1) is 6.92 Å². The molecule has 0 saturated carbocycles. The van der Waals surface area contributed by atoms with Gasteiger partial charge in [0.25, 0.3) is 11.5 Å². The zero-order valence-corrected chi connectivity index (χ0v) is 15.0. The van der Waals surface area contributed by atoms with Crippen molar-refractivity contribution in [3.05, 3.63) is 51.4 Å². The molecule has 0 radical (unpaired) electrons. The number of halogens is 3. The van der Waals surface area contributed by atoms with Crippen molar-refractivity contribution in [2.24, 2.45) is 7.05 Å². The molecular weight excluding hydrogens is 395 g/mol. The van der Waals surface area contributed by atoms with Gasteiger partial charge in [0.05, 0.1) is 11.3 Å². The number of phenolic OH excluding ortho intramolecular Hbond substituents is 1. The molecule has 0 aliphatic heterocycles. The number of aryl methyl sites for hydroxylation is 2. The van der Waals surface area contributed by atoms with Crippen LogP contribution in [-0.2, 0) is 13.2 Å². The molecule has 0 saturated heterocycles. The van der Waals surface area contributed by atoms with Crippen LogP contribution in [0.25, 0.3) is 11.0 Å². The average molecular weight is 409 g/mol. The standard InChI is InChI=1S/C17H14F3N5O4/c1-7-9-6-10(14(27)22-13(9)25(2)24-7)15(28)23-16(29)21-8-3-4-12(26)11(5-8)17(18,19)20/h3-6,26H,1-2H3,(H,22,27)(H2,21,23,28,29). The highest BCUT2D eigenvalue weighted by molar-refractivity contribution is 6.08. The Morgan fingerprint density at radius 3 is 2.59 bits per heavy atom. The number of benzene rings is 1. The molecular formula is C17H14F3N5O4. The second-order valence-electron chi connectivity index (χ2n) is 6.12. The number of nitrogens with one attached hydrogen (secondary N) is 3. The molecule has 0 aliphatic carbocycles. The number of phenols is 1. The third kappa shape index (κ3) is 3.90. The monoisotopic (exact) mass is 409 g/mol. The number of aromatic hydroxyl groups is 1. The van der Waals surface area contributed by atoms with Gasteiger partial charge in [-0.15, -0.1) is 0 Å². The van der Waals surface area contributed by atoms with E-state index in [1.807, 2.05) is 10.6 Å². The zero-order valence-electron chi connectivity index (χ0n) is 15.0. The van der Waals surface area contributed by atoms with Gasteiger partial charge in [-0.1, -0.05) is 0 Å². The van der Waals surface area contributed by atoms with Crippen LogP contribution in [-0.4, -0.2) is 31.8 Å². The third-order valence-electron chi connectivity index (χ3n) is 4.07. The number of alkyl halides is 3. The molecule has 2 heterocycles. The van der Waals surface area contributed by atoms with E-state index in [1.54, 1.807) is 14.0 Å². The lowest BCUT2D eigenvalue weighted by atomic mass is 10.1. The Morgan fingerprint density at radius 1 is 1.24 bits per heavy atom. The predicted octanol–water partition coefficient (Wildman–Crippen LogP) is 2.26. The Kier molecular flexibility index (Phi) is 4.78. The van der Waals surface area contributed by atoms with Crippen LogP contribution in [0.1, 0.15) is 21.6 Å². The number of fused-ring (bicyclic) bond motifs is 1. The molecule has 0 unspecified atom stereocenters. The lowest BCUT2D eigenvalue weighted by Gasteiger charge is -2.12. The number of nitrogens with zero attached hydrogens (tertiary/aromatic N) is 2. The van der Waals surface area contributed by atoms with Crippen LogP contribution >= 0.6 is 0 Å². The Balaban J connectivity index is 1.81. The number of carbonyl (C=O) groups excluding carboxylic acids is 2. The maximum Gasteiger partial charge on any atom is 0.420 e. The number of rotatable bonds is 2. The van der Waals surface area contributed by atoms with E-state index in [4.69, 9.17) is 0 Å². The summed E-state index contributed by atoms with van der Waals surface area (Å²) in [5.74, 6) is -2.06. The van der Waals surface area contributed by atoms with Gasteiger partial charge in [-0.2, -0.15) is 18.3 Å². The normalized spacial score (nSPS) is 11.5. The van der Waals surface area contributed by atoms with Crippen LogP contribution in [0.5, 0.6) is 5.75 Å². The lowest BCUT2D eigenvalue weighted by Crippen LogP contribution is -2.37. The largest absolute Gasteiger partial charge is 0.507 e. The number of H-pyrrole nitrogens is 1. The third-order valence-corrected chi connectivity index (χ3v) is 4.07. The molecule has 1 aromatic carbocycles. The summed E-state index contributed by atoms with van der Waals surface area (Å²) in [5.41, 5.74) is -1.87. The van der Waals surface area contributed by atoms with Crippen molar-refractivity contribution < 1.29 is 27.9 Å². The summed E-state index contributed by atoms with van der Waals surface area (Å²) in [4.78, 5) is 38.8. The van der Waals surface area contributed by atoms with Crippen molar-refractivity contribution in [1.29, 1.82) is 0 Å². The van der Waals surface area contributed by atoms with Gasteiger partial charge in [-0.3, -0.25) is 19.6 Å². The molecule has 0 spiro atoms. The topological polar surface area (TPSA) is 129 Å². The molecule has 0 fully saturated rings. The Labute approximate surface area is 160 Å². The summed E-state index contributed by atoms with van der Waals surface area (Å²) in [6.45, 7) is 1.66. The van der Waals surface area contributed by atoms with Crippen LogP contribution in [0.15, 0.2) is 29.1 Å². The van der Waals surface area contributed by atoms with E-state index in [1.165, 1.54) is 10.7 Å². The first-order valence-electron chi connectivity index (χ1n) is 8.06. The van der Waals surface area contributed by atoms with Crippen molar-refractivity contribution in [1.82, 2.24) is 20.1 Å². The summed E-state index contributed by atoms with van der Waals surface area (Å²) in [6.07, 6.45) is -4.83. The van der Waals surface area contributed by atoms with Gasteiger partial charge in [-0.25, -0.2) is 4.79 Å². The first-order chi connectivity index (χ1) is 13.5. The molecule has 4 N–H and O–H groups in total.